The van der Waals surface area contributed by atoms with Crippen molar-refractivity contribution in [1.82, 2.24) is 15.1 Å². The van der Waals surface area contributed by atoms with E-state index >= 15 is 0 Å². The van der Waals surface area contributed by atoms with Gasteiger partial charge in [-0.05, 0) is 61.7 Å². The minimum absolute atomic E-state index is 0.130. The zero-order chi connectivity index (χ0) is 28.6. The molecule has 9 nitrogen and oxygen atoms in total. The molecule has 1 aliphatic carbocycles. The van der Waals surface area contributed by atoms with Crippen LogP contribution in [0, 0.1) is 5.82 Å². The number of hydrogen-bond acceptors (Lipinski definition) is 7. The van der Waals surface area contributed by atoms with Crippen LogP contribution < -0.4 is 5.32 Å². The second-order valence-corrected chi connectivity index (χ2v) is 12.9. The van der Waals surface area contributed by atoms with E-state index in [1.165, 1.54) is 10.9 Å². The summed E-state index contributed by atoms with van der Waals surface area (Å²) in [5.41, 5.74) is -0.0708. The predicted octanol–water partition coefficient (Wildman–Crippen LogP) is 3.75. The van der Waals surface area contributed by atoms with Gasteiger partial charge in [0.15, 0.2) is 9.84 Å². The summed E-state index contributed by atoms with van der Waals surface area (Å²) in [6, 6.07) is 4.24. The first-order valence-electron chi connectivity index (χ1n) is 11.6. The molecule has 0 saturated carbocycles. The van der Waals surface area contributed by atoms with Crippen molar-refractivity contribution in [3.05, 3.63) is 71.3 Å². The molecule has 0 fully saturated rings. The Morgan fingerprint density at radius 2 is 1.72 bits per heavy atom. The third-order valence-corrected chi connectivity index (χ3v) is 9.57. The zero-order valence-corrected chi connectivity index (χ0v) is 21.8. The first kappa shape index (κ1) is 28.7. The summed E-state index contributed by atoms with van der Waals surface area (Å²) in [6.07, 6.45) is -1.97. The summed E-state index contributed by atoms with van der Waals surface area (Å²) in [6.45, 7) is 0.130. The van der Waals surface area contributed by atoms with Gasteiger partial charge in [-0.15, -0.1) is 0 Å². The van der Waals surface area contributed by atoms with Crippen molar-refractivity contribution in [3.63, 3.8) is 0 Å². The number of fused-ring (bicyclic) bond motifs is 1. The number of rotatable bonds is 9. The van der Waals surface area contributed by atoms with Crippen molar-refractivity contribution in [2.75, 3.05) is 5.88 Å². The van der Waals surface area contributed by atoms with Gasteiger partial charge in [0, 0.05) is 17.3 Å². The Kier molecular flexibility index (Phi) is 7.87. The molecule has 1 atom stereocenters. The highest BCUT2D eigenvalue weighted by atomic mass is 32.2. The summed E-state index contributed by atoms with van der Waals surface area (Å²) in [5, 5.41) is 15.9. The van der Waals surface area contributed by atoms with Crippen molar-refractivity contribution < 1.29 is 44.3 Å². The fraction of sp³-hybridized carbons (Fsp3) is 0.333. The Hall–Kier alpha value is -3.30. The second-order valence-electron chi connectivity index (χ2n) is 8.97. The van der Waals surface area contributed by atoms with Gasteiger partial charge in [-0.3, -0.25) is 14.8 Å². The molecule has 210 valence electrons. The molecule has 0 bridgehead atoms. The number of carbonyl (C=O) groups is 1. The van der Waals surface area contributed by atoms with Crippen LogP contribution in [-0.2, 0) is 43.6 Å². The molecule has 2 aromatic carbocycles. The van der Waals surface area contributed by atoms with E-state index in [-0.39, 0.29) is 13.0 Å². The monoisotopic (exact) mass is 589 g/mol. The van der Waals surface area contributed by atoms with Crippen molar-refractivity contribution in [3.8, 4) is 0 Å². The lowest BCUT2D eigenvalue weighted by atomic mass is 9.93. The summed E-state index contributed by atoms with van der Waals surface area (Å²) in [4.78, 5) is 8.65. The highest BCUT2D eigenvalue weighted by Crippen LogP contribution is 2.35. The number of benzene rings is 2. The summed E-state index contributed by atoms with van der Waals surface area (Å²) >= 11 is 0. The first-order valence-corrected chi connectivity index (χ1v) is 14.8. The first-order chi connectivity index (χ1) is 18.2. The number of nitrogens with zero attached hydrogens (tertiary/aromatic N) is 2. The van der Waals surface area contributed by atoms with Crippen LogP contribution >= 0.6 is 0 Å². The molecule has 2 N–H and O–H groups in total. The van der Waals surface area contributed by atoms with Gasteiger partial charge in [-0.1, -0.05) is 0 Å². The maximum absolute atomic E-state index is 13.6. The van der Waals surface area contributed by atoms with E-state index in [0.717, 1.165) is 30.0 Å². The smallest absolute Gasteiger partial charge is 0.416 e. The molecule has 15 heteroatoms. The minimum atomic E-state index is -5.05. The Morgan fingerprint density at radius 1 is 1.05 bits per heavy atom. The van der Waals surface area contributed by atoms with Crippen molar-refractivity contribution in [1.29, 1.82) is 0 Å². The molecule has 3 aromatic rings. The van der Waals surface area contributed by atoms with E-state index in [0.29, 0.717) is 43.0 Å². The van der Waals surface area contributed by atoms with E-state index in [9.17, 15) is 39.2 Å². The lowest BCUT2D eigenvalue weighted by molar-refractivity contribution is -0.138. The molecule has 0 aliphatic heterocycles. The van der Waals surface area contributed by atoms with Crippen LogP contribution in [-0.4, -0.2) is 43.6 Å². The van der Waals surface area contributed by atoms with Crippen LogP contribution in [0.25, 0.3) is 0 Å². The summed E-state index contributed by atoms with van der Waals surface area (Å²) in [7, 11) is -9.08. The van der Waals surface area contributed by atoms with Gasteiger partial charge in [-0.2, -0.15) is 18.3 Å². The van der Waals surface area contributed by atoms with Crippen LogP contribution in [0.15, 0.2) is 63.3 Å². The van der Waals surface area contributed by atoms with E-state index < -0.39 is 69.8 Å². The molecule has 39 heavy (non-hydrogen) atoms. The molecule has 4 rings (SSSR count). The highest BCUT2D eigenvalue weighted by molar-refractivity contribution is 7.92. The number of aliphatic carboxylic acids is 1. The van der Waals surface area contributed by atoms with Gasteiger partial charge in [0.2, 0.25) is 9.84 Å². The van der Waals surface area contributed by atoms with Gasteiger partial charge < -0.3 is 5.11 Å². The fourth-order valence-electron chi connectivity index (χ4n) is 4.34. The summed E-state index contributed by atoms with van der Waals surface area (Å²) in [5.74, 6) is -2.56. The van der Waals surface area contributed by atoms with E-state index in [2.05, 4.69) is 10.4 Å². The topological polar surface area (TPSA) is 135 Å². The second kappa shape index (κ2) is 10.7. The van der Waals surface area contributed by atoms with Gasteiger partial charge >= 0.3 is 12.1 Å². The number of alkyl halides is 3. The Bertz CT molecular complexity index is 1600. The maximum atomic E-state index is 13.6. The standard InChI is InChI=1S/C24H23F4N3O6S2/c25-16-4-6-17(7-5-16)39(36,37)19-11-15(24(26,27)28)10-18(12-19)38(34,35)14-29-21-2-1-3-22-20(21)13-30-31(22)9-8-23(32)33/h4-7,10-13,21,29H,1-3,8-9,14H2,(H,32,33)/t21-/m1/s1. The molecule has 0 unspecified atom stereocenters. The lowest BCUT2D eigenvalue weighted by Crippen LogP contribution is -2.30. The number of hydrogen-bond donors (Lipinski definition) is 2. The third kappa shape index (κ3) is 6.31. The van der Waals surface area contributed by atoms with Crippen LogP contribution in [0.2, 0.25) is 0 Å². The van der Waals surface area contributed by atoms with Crippen molar-refractivity contribution in [2.45, 2.75) is 59.1 Å². The molecular formula is C24H23F4N3O6S2. The molecule has 0 amide bonds. The molecule has 1 aromatic heterocycles. The molecule has 0 spiro atoms. The Morgan fingerprint density at radius 3 is 2.36 bits per heavy atom. The fourth-order valence-corrected chi connectivity index (χ4v) is 6.94. The number of nitrogens with one attached hydrogen (secondary N) is 1. The maximum Gasteiger partial charge on any atom is 0.416 e. The summed E-state index contributed by atoms with van der Waals surface area (Å²) < 4.78 is 108. The number of aromatic nitrogens is 2. The Labute approximate surface area is 221 Å². The van der Waals surface area contributed by atoms with Gasteiger partial charge in [0.05, 0.1) is 39.4 Å². The van der Waals surface area contributed by atoms with E-state index in [1.807, 2.05) is 0 Å². The predicted molar refractivity (Wildman–Crippen MR) is 129 cm³/mol. The zero-order valence-electron chi connectivity index (χ0n) is 20.2. The normalized spacial score (nSPS) is 16.2. The average molecular weight is 590 g/mol. The number of carboxylic acid groups (broad SMARTS) is 1. The lowest BCUT2D eigenvalue weighted by Gasteiger charge is -2.24. The Balaban J connectivity index is 1.64. The van der Waals surface area contributed by atoms with E-state index in [1.54, 1.807) is 0 Å². The number of halogens is 4. The van der Waals surface area contributed by atoms with E-state index in [4.69, 9.17) is 5.11 Å². The van der Waals surface area contributed by atoms with Crippen molar-refractivity contribution >= 4 is 25.6 Å². The highest BCUT2D eigenvalue weighted by Gasteiger charge is 2.35. The van der Waals surface area contributed by atoms with Crippen molar-refractivity contribution in [2.24, 2.45) is 0 Å². The van der Waals surface area contributed by atoms with Crippen LogP contribution in [0.4, 0.5) is 17.6 Å². The van der Waals surface area contributed by atoms with Crippen LogP contribution in [0.5, 0.6) is 0 Å². The van der Waals surface area contributed by atoms with Crippen LogP contribution in [0.1, 0.15) is 42.1 Å². The van der Waals surface area contributed by atoms with Gasteiger partial charge in [-0.25, -0.2) is 21.2 Å². The molecular weight excluding hydrogens is 566 g/mol. The minimum Gasteiger partial charge on any atom is -0.481 e. The SMILES string of the molecule is O=C(O)CCn1ncc2c1CCC[C@H]2NCS(=O)(=O)c1cc(C(F)(F)F)cc(S(=O)(=O)c2ccc(F)cc2)c1. The van der Waals surface area contributed by atoms with Gasteiger partial charge in [0.25, 0.3) is 0 Å². The average Bonchev–Trinajstić information content (AvgIpc) is 3.29. The molecule has 1 aliphatic rings. The number of carboxylic acids is 1. The molecule has 1 heterocycles. The number of sulfone groups is 2. The quantitative estimate of drug-likeness (QED) is 0.285. The number of aryl methyl sites for hydroxylation is 1. The molecule has 0 saturated heterocycles. The van der Waals surface area contributed by atoms with Crippen LogP contribution in [0.3, 0.4) is 0 Å². The largest absolute Gasteiger partial charge is 0.481 e. The molecule has 0 radical (unpaired) electrons. The van der Waals surface area contributed by atoms with Gasteiger partial charge in [0.1, 0.15) is 11.7 Å². The third-order valence-electron chi connectivity index (χ3n) is 6.32.